The second kappa shape index (κ2) is 7.63. The van der Waals surface area contributed by atoms with Gasteiger partial charge in [-0.15, -0.1) is 0 Å². The highest BCUT2D eigenvalue weighted by Gasteiger charge is 2.22. The summed E-state index contributed by atoms with van der Waals surface area (Å²) in [6, 6.07) is 12.2. The Kier molecular flexibility index (Phi) is 5.09. The molecule has 5 nitrogen and oxygen atoms in total. The van der Waals surface area contributed by atoms with E-state index in [-0.39, 0.29) is 6.10 Å². The van der Waals surface area contributed by atoms with E-state index in [9.17, 15) is 0 Å². The molecule has 1 aromatic carbocycles. The summed E-state index contributed by atoms with van der Waals surface area (Å²) in [4.78, 5) is 8.37. The maximum Gasteiger partial charge on any atom is 0.191 e. The molecule has 0 aliphatic carbocycles. The van der Waals surface area contributed by atoms with Gasteiger partial charge >= 0.3 is 0 Å². The number of aliphatic imine (C=N–C) groups is 1. The standard InChI is InChI=1S/C18H22N4O/c1-19-18(21-10-8-14-5-4-9-20-12-14)22-13-16-11-15-6-2-3-7-17(15)23-16/h2-7,9,12,16H,8,10-11,13H2,1H3,(H2,19,21,22). The summed E-state index contributed by atoms with van der Waals surface area (Å²) >= 11 is 0. The molecule has 0 fully saturated rings. The summed E-state index contributed by atoms with van der Waals surface area (Å²) in [7, 11) is 1.78. The Hall–Kier alpha value is -2.56. The summed E-state index contributed by atoms with van der Waals surface area (Å²) < 4.78 is 5.92. The normalized spacial score (nSPS) is 16.6. The third-order valence-corrected chi connectivity index (χ3v) is 3.86. The summed E-state index contributed by atoms with van der Waals surface area (Å²) in [6.45, 7) is 1.55. The van der Waals surface area contributed by atoms with Crippen molar-refractivity contribution in [1.82, 2.24) is 15.6 Å². The highest BCUT2D eigenvalue weighted by Crippen LogP contribution is 2.27. The first kappa shape index (κ1) is 15.3. The van der Waals surface area contributed by atoms with Crippen LogP contribution in [0.5, 0.6) is 5.75 Å². The van der Waals surface area contributed by atoms with Crippen LogP contribution in [0.4, 0.5) is 0 Å². The van der Waals surface area contributed by atoms with Crippen LogP contribution in [0.2, 0.25) is 0 Å². The molecule has 0 spiro atoms. The third-order valence-electron chi connectivity index (χ3n) is 3.86. The number of ether oxygens (including phenoxy) is 1. The number of para-hydroxylation sites is 1. The number of hydrogen-bond donors (Lipinski definition) is 2. The van der Waals surface area contributed by atoms with Crippen LogP contribution in [0.3, 0.4) is 0 Å². The molecule has 2 aromatic rings. The van der Waals surface area contributed by atoms with Crippen molar-refractivity contribution in [3.05, 3.63) is 59.9 Å². The Morgan fingerprint density at radius 1 is 1.26 bits per heavy atom. The van der Waals surface area contributed by atoms with E-state index in [2.05, 4.69) is 38.8 Å². The third kappa shape index (κ3) is 4.22. The summed E-state index contributed by atoms with van der Waals surface area (Å²) in [6.07, 6.45) is 5.69. The molecule has 0 amide bonds. The number of nitrogens with one attached hydrogen (secondary N) is 2. The molecule has 0 bridgehead atoms. The second-order valence-corrected chi connectivity index (χ2v) is 5.54. The maximum atomic E-state index is 5.92. The zero-order valence-electron chi connectivity index (χ0n) is 13.3. The van der Waals surface area contributed by atoms with E-state index >= 15 is 0 Å². The zero-order valence-corrected chi connectivity index (χ0v) is 13.3. The van der Waals surface area contributed by atoms with E-state index in [0.29, 0.717) is 0 Å². The molecule has 0 saturated heterocycles. The number of pyridine rings is 1. The van der Waals surface area contributed by atoms with Gasteiger partial charge in [-0.1, -0.05) is 24.3 Å². The van der Waals surface area contributed by atoms with E-state index < -0.39 is 0 Å². The number of guanidine groups is 1. The quantitative estimate of drug-likeness (QED) is 0.653. The lowest BCUT2D eigenvalue weighted by Crippen LogP contribution is -2.42. The zero-order chi connectivity index (χ0) is 15.9. The fourth-order valence-corrected chi connectivity index (χ4v) is 2.67. The van der Waals surface area contributed by atoms with Crippen molar-refractivity contribution in [3.63, 3.8) is 0 Å². The van der Waals surface area contributed by atoms with Crippen molar-refractivity contribution in [2.45, 2.75) is 18.9 Å². The van der Waals surface area contributed by atoms with Gasteiger partial charge in [-0.25, -0.2) is 0 Å². The van der Waals surface area contributed by atoms with Crippen LogP contribution in [0.1, 0.15) is 11.1 Å². The molecule has 1 unspecified atom stereocenters. The number of hydrogen-bond acceptors (Lipinski definition) is 3. The molecule has 1 atom stereocenters. The Bertz CT molecular complexity index is 632. The largest absolute Gasteiger partial charge is 0.488 e. The highest BCUT2D eigenvalue weighted by atomic mass is 16.5. The fraction of sp³-hybridized carbons (Fsp3) is 0.333. The lowest BCUT2D eigenvalue weighted by molar-refractivity contribution is 0.235. The van der Waals surface area contributed by atoms with Crippen molar-refractivity contribution >= 4 is 5.96 Å². The van der Waals surface area contributed by atoms with Gasteiger partial charge in [-0.2, -0.15) is 0 Å². The molecule has 1 aromatic heterocycles. The lowest BCUT2D eigenvalue weighted by Gasteiger charge is -2.15. The Balaban J connectivity index is 1.41. The lowest BCUT2D eigenvalue weighted by atomic mass is 10.1. The maximum absolute atomic E-state index is 5.92. The monoisotopic (exact) mass is 310 g/mol. The first-order valence-corrected chi connectivity index (χ1v) is 7.93. The average molecular weight is 310 g/mol. The molecule has 5 heteroatoms. The van der Waals surface area contributed by atoms with E-state index in [1.807, 2.05) is 24.4 Å². The van der Waals surface area contributed by atoms with Crippen molar-refractivity contribution in [2.75, 3.05) is 20.1 Å². The molecular weight excluding hydrogens is 288 g/mol. The van der Waals surface area contributed by atoms with Crippen LogP contribution in [0, 0.1) is 0 Å². The molecular formula is C18H22N4O. The van der Waals surface area contributed by atoms with Crippen molar-refractivity contribution in [1.29, 1.82) is 0 Å². The minimum atomic E-state index is 0.157. The van der Waals surface area contributed by atoms with E-state index in [1.54, 1.807) is 13.2 Å². The molecule has 0 saturated carbocycles. The molecule has 23 heavy (non-hydrogen) atoms. The van der Waals surface area contributed by atoms with Crippen LogP contribution in [-0.2, 0) is 12.8 Å². The van der Waals surface area contributed by atoms with Crippen LogP contribution >= 0.6 is 0 Å². The molecule has 120 valence electrons. The topological polar surface area (TPSA) is 58.5 Å². The molecule has 1 aliphatic heterocycles. The minimum Gasteiger partial charge on any atom is -0.488 e. The SMILES string of the molecule is CN=C(NCCc1cccnc1)NCC1Cc2ccccc2O1. The fourth-order valence-electron chi connectivity index (χ4n) is 2.67. The molecule has 0 radical (unpaired) electrons. The Morgan fingerprint density at radius 3 is 2.96 bits per heavy atom. The van der Waals surface area contributed by atoms with Crippen LogP contribution in [0.25, 0.3) is 0 Å². The number of nitrogens with zero attached hydrogens (tertiary/aromatic N) is 2. The second-order valence-electron chi connectivity index (χ2n) is 5.54. The van der Waals surface area contributed by atoms with Gasteiger partial charge in [0.25, 0.3) is 0 Å². The van der Waals surface area contributed by atoms with Gasteiger partial charge in [0, 0.05) is 32.4 Å². The first-order chi connectivity index (χ1) is 11.3. The summed E-state index contributed by atoms with van der Waals surface area (Å²) in [5.74, 6) is 1.80. The smallest absolute Gasteiger partial charge is 0.191 e. The summed E-state index contributed by atoms with van der Waals surface area (Å²) in [5.41, 5.74) is 2.49. The Morgan fingerprint density at radius 2 is 2.17 bits per heavy atom. The number of benzene rings is 1. The summed E-state index contributed by atoms with van der Waals surface area (Å²) in [5, 5.41) is 6.65. The van der Waals surface area contributed by atoms with Gasteiger partial charge in [0.05, 0.1) is 6.54 Å². The van der Waals surface area contributed by atoms with Crippen LogP contribution in [-0.4, -0.2) is 37.2 Å². The van der Waals surface area contributed by atoms with Crippen LogP contribution in [0.15, 0.2) is 53.8 Å². The average Bonchev–Trinajstić information content (AvgIpc) is 3.01. The van der Waals surface area contributed by atoms with Gasteiger partial charge in [-0.3, -0.25) is 9.98 Å². The van der Waals surface area contributed by atoms with Gasteiger partial charge in [0.1, 0.15) is 11.9 Å². The van der Waals surface area contributed by atoms with Gasteiger partial charge < -0.3 is 15.4 Å². The van der Waals surface area contributed by atoms with Crippen molar-refractivity contribution in [2.24, 2.45) is 4.99 Å². The number of aromatic nitrogens is 1. The number of fused-ring (bicyclic) bond motifs is 1. The molecule has 1 aliphatic rings. The van der Waals surface area contributed by atoms with Crippen molar-refractivity contribution < 1.29 is 4.74 Å². The predicted octanol–water partition coefficient (Wildman–Crippen LogP) is 1.79. The van der Waals surface area contributed by atoms with E-state index in [4.69, 9.17) is 4.74 Å². The van der Waals surface area contributed by atoms with Gasteiger partial charge in [0.2, 0.25) is 0 Å². The van der Waals surface area contributed by atoms with Gasteiger partial charge in [0.15, 0.2) is 5.96 Å². The molecule has 3 rings (SSSR count). The number of rotatable bonds is 5. The van der Waals surface area contributed by atoms with Crippen molar-refractivity contribution in [3.8, 4) is 5.75 Å². The van der Waals surface area contributed by atoms with E-state index in [1.165, 1.54) is 11.1 Å². The highest BCUT2D eigenvalue weighted by molar-refractivity contribution is 5.79. The molecule has 2 N–H and O–H groups in total. The van der Waals surface area contributed by atoms with Gasteiger partial charge in [-0.05, 0) is 29.7 Å². The Labute approximate surface area is 136 Å². The minimum absolute atomic E-state index is 0.157. The van der Waals surface area contributed by atoms with Crippen LogP contribution < -0.4 is 15.4 Å². The first-order valence-electron chi connectivity index (χ1n) is 7.93. The predicted molar refractivity (Wildman–Crippen MR) is 91.9 cm³/mol. The van der Waals surface area contributed by atoms with E-state index in [0.717, 1.165) is 37.6 Å². The molecule has 2 heterocycles.